The molecule has 3 aromatic carbocycles. The van der Waals surface area contributed by atoms with E-state index < -0.39 is 0 Å². The number of carbonyl (C=O) groups is 1. The van der Waals surface area contributed by atoms with Gasteiger partial charge in [0.15, 0.2) is 5.78 Å². The number of hydrogen-bond donors (Lipinski definition) is 0. The number of rotatable bonds is 7. The van der Waals surface area contributed by atoms with Crippen molar-refractivity contribution in [1.29, 1.82) is 5.26 Å². The zero-order valence-electron chi connectivity index (χ0n) is 28.8. The van der Waals surface area contributed by atoms with E-state index in [0.717, 1.165) is 24.3 Å². The molecule has 0 N–H and O–H groups in total. The van der Waals surface area contributed by atoms with E-state index in [1.165, 1.54) is 26.3 Å². The number of ketones is 1. The van der Waals surface area contributed by atoms with Gasteiger partial charge in [0.2, 0.25) is 0 Å². The number of nitroso groups, excluding NO2 is 1. The van der Waals surface area contributed by atoms with Gasteiger partial charge in [-0.15, -0.1) is 4.91 Å². The molecular weight excluding hydrogens is 643 g/mol. The maximum Gasteiger partial charge on any atom is 0.165 e. The maximum absolute atomic E-state index is 14.2. The molecule has 1 fully saturated rings. The molecule has 10 heteroatoms. The number of benzene rings is 3. The highest BCUT2D eigenvalue weighted by Crippen LogP contribution is 2.48. The second-order valence-corrected chi connectivity index (χ2v) is 13.2. The molecule has 47 heavy (non-hydrogen) atoms. The summed E-state index contributed by atoms with van der Waals surface area (Å²) in [6, 6.07) is 18.6. The fourth-order valence-corrected chi connectivity index (χ4v) is 5.68. The van der Waals surface area contributed by atoms with Gasteiger partial charge in [-0.05, 0) is 72.6 Å². The standard InChI is InChI=1S/C17H21ClFN.C12H16N2O3.C6H4ClF.C2H6/c1-17(2,3)9-11-7-8-12(14(11)10-20)13-5-4-6-15(18)16(13)19;1-8(2)12(15)9-5-6-10(14(3)13-16)11(7-9)17-4;7-5-3-1-2-4-6(5)8;1-2/h4-6,11-12,14H,7-9H2,1-3H3;5-8H,1-4H3;1-4H;1-2H3. The number of Topliss-reactive ketones (excluding diaryl/α,β-unsaturated/α-hetero) is 1. The second kappa shape index (κ2) is 20.0. The summed E-state index contributed by atoms with van der Waals surface area (Å²) in [5.74, 6) is -0.0794. The van der Waals surface area contributed by atoms with Crippen LogP contribution in [0, 0.1) is 51.0 Å². The maximum atomic E-state index is 14.2. The minimum Gasteiger partial charge on any atom is -0.494 e. The van der Waals surface area contributed by atoms with Gasteiger partial charge in [-0.1, -0.05) is 95.9 Å². The summed E-state index contributed by atoms with van der Waals surface area (Å²) in [5.41, 5.74) is 1.91. The van der Waals surface area contributed by atoms with E-state index in [-0.39, 0.29) is 50.6 Å². The summed E-state index contributed by atoms with van der Waals surface area (Å²) in [6.07, 6.45) is 2.87. The van der Waals surface area contributed by atoms with Crippen LogP contribution in [0.5, 0.6) is 5.75 Å². The van der Waals surface area contributed by atoms with Crippen molar-refractivity contribution in [3.05, 3.63) is 98.4 Å². The van der Waals surface area contributed by atoms with Gasteiger partial charge >= 0.3 is 0 Å². The molecule has 0 aromatic heterocycles. The molecule has 6 nitrogen and oxygen atoms in total. The number of ether oxygens (including phenoxy) is 1. The fourth-order valence-electron chi connectivity index (χ4n) is 5.36. The monoisotopic (exact) mass is 689 g/mol. The molecule has 0 amide bonds. The second-order valence-electron chi connectivity index (χ2n) is 12.4. The molecule has 0 aliphatic heterocycles. The van der Waals surface area contributed by atoms with Crippen LogP contribution in [-0.4, -0.2) is 19.9 Å². The van der Waals surface area contributed by atoms with Crippen molar-refractivity contribution < 1.29 is 18.3 Å². The zero-order chi connectivity index (χ0) is 35.9. The normalized spacial score (nSPS) is 16.7. The molecule has 3 aromatic rings. The third-order valence-electron chi connectivity index (χ3n) is 7.48. The number of hydrogen-bond acceptors (Lipinski definition) is 5. The van der Waals surface area contributed by atoms with E-state index in [2.05, 4.69) is 32.1 Å². The highest BCUT2D eigenvalue weighted by Gasteiger charge is 2.40. The first kappa shape index (κ1) is 41.5. The Morgan fingerprint density at radius 2 is 1.66 bits per heavy atom. The summed E-state index contributed by atoms with van der Waals surface area (Å²) >= 11 is 11.2. The lowest BCUT2D eigenvalue weighted by Gasteiger charge is -2.26. The molecule has 256 valence electrons. The lowest BCUT2D eigenvalue weighted by Crippen LogP contribution is -2.19. The lowest BCUT2D eigenvalue weighted by molar-refractivity contribution is 0.0939. The van der Waals surface area contributed by atoms with Crippen LogP contribution in [0.1, 0.15) is 89.6 Å². The zero-order valence-corrected chi connectivity index (χ0v) is 30.3. The Hall–Kier alpha value is -3.54. The predicted octanol–water partition coefficient (Wildman–Crippen LogP) is 11.7. The van der Waals surface area contributed by atoms with E-state index in [4.69, 9.17) is 27.9 Å². The van der Waals surface area contributed by atoms with E-state index in [9.17, 15) is 23.7 Å². The van der Waals surface area contributed by atoms with E-state index in [1.54, 1.807) is 48.5 Å². The number of nitriles is 1. The van der Waals surface area contributed by atoms with Crippen molar-refractivity contribution in [3.8, 4) is 11.8 Å². The van der Waals surface area contributed by atoms with Crippen LogP contribution in [0.4, 0.5) is 14.5 Å². The average Bonchev–Trinajstić information content (AvgIpc) is 3.44. The minimum absolute atomic E-state index is 0.0222. The van der Waals surface area contributed by atoms with Crippen LogP contribution in [0.25, 0.3) is 0 Å². The van der Waals surface area contributed by atoms with Crippen molar-refractivity contribution in [1.82, 2.24) is 0 Å². The molecule has 0 radical (unpaired) electrons. The Morgan fingerprint density at radius 3 is 2.15 bits per heavy atom. The smallest absolute Gasteiger partial charge is 0.165 e. The quantitative estimate of drug-likeness (QED) is 0.140. The molecule has 0 heterocycles. The van der Waals surface area contributed by atoms with Gasteiger partial charge in [0.05, 0.1) is 34.4 Å². The molecule has 1 aliphatic rings. The molecule has 3 atom stereocenters. The van der Waals surface area contributed by atoms with Crippen molar-refractivity contribution in [2.75, 3.05) is 19.2 Å². The van der Waals surface area contributed by atoms with Crippen molar-refractivity contribution in [3.63, 3.8) is 0 Å². The van der Waals surface area contributed by atoms with Gasteiger partial charge in [-0.2, -0.15) is 5.26 Å². The highest BCUT2D eigenvalue weighted by molar-refractivity contribution is 6.31. The van der Waals surface area contributed by atoms with Crippen molar-refractivity contribution >= 4 is 34.7 Å². The summed E-state index contributed by atoms with van der Waals surface area (Å²) in [7, 11) is 3.01. The fraction of sp³-hybridized carbons (Fsp3) is 0.459. The number of methoxy groups -OCH3 is 1. The van der Waals surface area contributed by atoms with E-state index in [0.29, 0.717) is 28.5 Å². The molecule has 1 aliphatic carbocycles. The van der Waals surface area contributed by atoms with Gasteiger partial charge < -0.3 is 4.74 Å². The summed E-state index contributed by atoms with van der Waals surface area (Å²) in [5, 5.41) is 13.8. The first-order chi connectivity index (χ1) is 22.1. The molecule has 1 saturated carbocycles. The number of carbonyl (C=O) groups excluding carboxylic acids is 1. The molecule has 4 rings (SSSR count). The molecule has 0 spiro atoms. The average molecular weight is 691 g/mol. The van der Waals surface area contributed by atoms with Crippen LogP contribution in [0.15, 0.2) is 65.9 Å². The van der Waals surface area contributed by atoms with Gasteiger partial charge in [0.1, 0.15) is 23.1 Å². The van der Waals surface area contributed by atoms with Gasteiger partial charge in [-0.25, -0.2) is 13.8 Å². The Labute approximate surface area is 289 Å². The molecule has 0 bridgehead atoms. The van der Waals surface area contributed by atoms with Crippen LogP contribution in [0.3, 0.4) is 0 Å². The third kappa shape index (κ3) is 12.5. The van der Waals surface area contributed by atoms with E-state index >= 15 is 0 Å². The van der Waals surface area contributed by atoms with Gasteiger partial charge in [0, 0.05) is 24.4 Å². The van der Waals surface area contributed by atoms with Crippen molar-refractivity contribution in [2.45, 2.75) is 73.6 Å². The largest absolute Gasteiger partial charge is 0.494 e. The topological polar surface area (TPSA) is 82.8 Å². The van der Waals surface area contributed by atoms with Crippen LogP contribution in [-0.2, 0) is 0 Å². The van der Waals surface area contributed by atoms with E-state index in [1.807, 2.05) is 27.7 Å². The molecular formula is C37H47Cl2F2N3O3. The predicted molar refractivity (Wildman–Crippen MR) is 189 cm³/mol. The lowest BCUT2D eigenvalue weighted by atomic mass is 9.78. The third-order valence-corrected chi connectivity index (χ3v) is 8.08. The Bertz CT molecular complexity index is 1470. The summed E-state index contributed by atoms with van der Waals surface area (Å²) in [6.45, 7) is 14.2. The summed E-state index contributed by atoms with van der Waals surface area (Å²) < 4.78 is 31.5. The Morgan fingerprint density at radius 1 is 1.04 bits per heavy atom. The van der Waals surface area contributed by atoms with Crippen molar-refractivity contribution in [2.24, 2.45) is 28.5 Å². The van der Waals surface area contributed by atoms with Gasteiger partial charge in [0.25, 0.3) is 0 Å². The first-order valence-electron chi connectivity index (χ1n) is 15.7. The van der Waals surface area contributed by atoms with Gasteiger partial charge in [-0.3, -0.25) is 4.79 Å². The number of anilines is 1. The number of nitrogens with zero attached hydrogens (tertiary/aromatic N) is 3. The molecule has 3 unspecified atom stereocenters. The number of halogens is 4. The SMILES string of the molecule is CC.CC(C)(C)CC1CCC(c2cccc(Cl)c2F)C1C#N.COc1cc(C(=O)C(C)C)ccc1N(C)N=O.Fc1ccccc1Cl. The molecule has 0 saturated heterocycles. The summed E-state index contributed by atoms with van der Waals surface area (Å²) in [4.78, 5) is 22.3. The Kier molecular flexibility index (Phi) is 17.6. The van der Waals surface area contributed by atoms with Crippen LogP contribution in [0.2, 0.25) is 10.0 Å². The first-order valence-corrected chi connectivity index (χ1v) is 16.4. The minimum atomic E-state index is -0.367. The van der Waals surface area contributed by atoms with Crippen LogP contribution < -0.4 is 9.75 Å². The highest BCUT2D eigenvalue weighted by atomic mass is 35.5. The Balaban J connectivity index is 0.000000369. The van der Waals surface area contributed by atoms with Crippen LogP contribution >= 0.6 is 23.2 Å².